The van der Waals surface area contributed by atoms with Crippen LogP contribution in [0.3, 0.4) is 0 Å². The Balaban J connectivity index is 1.90. The van der Waals surface area contributed by atoms with Crippen LogP contribution in [0.1, 0.15) is 25.3 Å². The van der Waals surface area contributed by atoms with Crippen LogP contribution in [0.4, 0.5) is 0 Å². The van der Waals surface area contributed by atoms with Gasteiger partial charge in [-0.2, -0.15) is 4.31 Å². The largest absolute Gasteiger partial charge is 0.452 e. The Morgan fingerprint density at radius 3 is 2.44 bits per heavy atom. The molecule has 0 aliphatic carbocycles. The van der Waals surface area contributed by atoms with Gasteiger partial charge in [-0.25, -0.2) is 8.42 Å². The molecule has 1 saturated heterocycles. The van der Waals surface area contributed by atoms with Gasteiger partial charge in [0, 0.05) is 19.6 Å². The first-order valence-electron chi connectivity index (χ1n) is 8.91. The van der Waals surface area contributed by atoms with Crippen LogP contribution in [0.5, 0.6) is 0 Å². The second kappa shape index (κ2) is 9.14. The molecule has 1 aliphatic rings. The Bertz CT molecular complexity index is 781. The molecule has 0 aromatic heterocycles. The molecule has 0 radical (unpaired) electrons. The fraction of sp³-hybridized carbons (Fsp3) is 0.474. The van der Waals surface area contributed by atoms with Crippen LogP contribution < -0.4 is 5.32 Å². The van der Waals surface area contributed by atoms with Crippen LogP contribution in [0, 0.1) is 12.8 Å². The van der Waals surface area contributed by atoms with Crippen molar-refractivity contribution < 1.29 is 22.7 Å². The molecule has 148 valence electrons. The number of benzene rings is 1. The van der Waals surface area contributed by atoms with E-state index in [9.17, 15) is 18.0 Å². The fourth-order valence-corrected chi connectivity index (χ4v) is 4.30. The smallest absolute Gasteiger partial charge is 0.309 e. The molecule has 7 nitrogen and oxygen atoms in total. The van der Waals surface area contributed by atoms with Gasteiger partial charge in [-0.05, 0) is 38.8 Å². The van der Waals surface area contributed by atoms with E-state index in [1.807, 2.05) is 6.92 Å². The first-order chi connectivity index (χ1) is 12.8. The highest BCUT2D eigenvalue weighted by Gasteiger charge is 2.33. The first-order valence-corrected chi connectivity index (χ1v) is 10.4. The number of sulfonamides is 1. The average molecular weight is 394 g/mol. The molecule has 2 rings (SSSR count). The molecular formula is C19H26N2O5S. The third kappa shape index (κ3) is 5.40. The second-order valence-electron chi connectivity index (χ2n) is 6.60. The lowest BCUT2D eigenvalue weighted by molar-refractivity contribution is -0.159. The zero-order chi connectivity index (χ0) is 20.0. The normalized spacial score (nSPS) is 17.1. The maximum absolute atomic E-state index is 12.7. The molecule has 1 amide bonds. The number of rotatable bonds is 7. The Morgan fingerprint density at radius 1 is 1.30 bits per heavy atom. The summed E-state index contributed by atoms with van der Waals surface area (Å²) in [5, 5.41) is 2.57. The third-order valence-corrected chi connectivity index (χ3v) is 6.44. The summed E-state index contributed by atoms with van der Waals surface area (Å²) >= 11 is 0. The Morgan fingerprint density at radius 2 is 1.89 bits per heavy atom. The van der Waals surface area contributed by atoms with Crippen molar-refractivity contribution >= 4 is 21.9 Å². The number of carbonyl (C=O) groups excluding carboxylic acids is 2. The number of nitrogens with zero attached hydrogens (tertiary/aromatic N) is 1. The van der Waals surface area contributed by atoms with E-state index in [1.54, 1.807) is 24.3 Å². The first kappa shape index (κ1) is 21.1. The lowest BCUT2D eigenvalue weighted by Gasteiger charge is -2.30. The van der Waals surface area contributed by atoms with Crippen LogP contribution >= 0.6 is 0 Å². The van der Waals surface area contributed by atoms with Crippen molar-refractivity contribution in [1.82, 2.24) is 9.62 Å². The zero-order valence-electron chi connectivity index (χ0n) is 15.7. The van der Waals surface area contributed by atoms with Gasteiger partial charge in [0.25, 0.3) is 5.91 Å². The monoisotopic (exact) mass is 394 g/mol. The molecule has 8 heteroatoms. The summed E-state index contributed by atoms with van der Waals surface area (Å²) in [5.74, 6) is -1.27. The predicted octanol–water partition coefficient (Wildman–Crippen LogP) is 1.63. The number of hydrogen-bond acceptors (Lipinski definition) is 5. The van der Waals surface area contributed by atoms with E-state index in [-0.39, 0.29) is 23.9 Å². The maximum Gasteiger partial charge on any atom is 0.309 e. The Kier molecular flexibility index (Phi) is 7.15. The van der Waals surface area contributed by atoms with Crippen molar-refractivity contribution in [2.75, 3.05) is 19.6 Å². The molecule has 1 aliphatic heterocycles. The molecule has 1 N–H and O–H groups in total. The van der Waals surface area contributed by atoms with Gasteiger partial charge >= 0.3 is 5.97 Å². The predicted molar refractivity (Wildman–Crippen MR) is 101 cm³/mol. The molecule has 1 fully saturated rings. The van der Waals surface area contributed by atoms with Crippen molar-refractivity contribution in [2.45, 2.75) is 37.7 Å². The highest BCUT2D eigenvalue weighted by atomic mass is 32.2. The summed E-state index contributed by atoms with van der Waals surface area (Å²) in [6.45, 7) is 7.69. The van der Waals surface area contributed by atoms with Gasteiger partial charge in [-0.3, -0.25) is 9.59 Å². The van der Waals surface area contributed by atoms with Crippen molar-refractivity contribution in [3.8, 4) is 0 Å². The van der Waals surface area contributed by atoms with Gasteiger partial charge in [0.2, 0.25) is 10.0 Å². The topological polar surface area (TPSA) is 92.8 Å². The zero-order valence-corrected chi connectivity index (χ0v) is 16.5. The van der Waals surface area contributed by atoms with Gasteiger partial charge in [0.05, 0.1) is 10.8 Å². The number of carbonyl (C=O) groups is 2. The van der Waals surface area contributed by atoms with Crippen LogP contribution in [-0.2, 0) is 24.3 Å². The van der Waals surface area contributed by atoms with E-state index in [1.165, 1.54) is 17.3 Å². The lowest BCUT2D eigenvalue weighted by Crippen LogP contribution is -2.42. The SMILES string of the molecule is C=CCNC(=O)C(C)OC(=O)C1CCN(S(=O)(=O)c2ccc(C)cc2)CC1. The third-order valence-electron chi connectivity index (χ3n) is 4.53. The van der Waals surface area contributed by atoms with E-state index < -0.39 is 28.0 Å². The summed E-state index contributed by atoms with van der Waals surface area (Å²) in [5.41, 5.74) is 0.988. The number of aryl methyl sites for hydroxylation is 1. The van der Waals surface area contributed by atoms with E-state index in [0.717, 1.165) is 5.56 Å². The summed E-state index contributed by atoms with van der Waals surface area (Å²) in [7, 11) is -3.57. The van der Waals surface area contributed by atoms with Gasteiger partial charge in [-0.15, -0.1) is 6.58 Å². The van der Waals surface area contributed by atoms with E-state index >= 15 is 0 Å². The minimum absolute atomic E-state index is 0.243. The van der Waals surface area contributed by atoms with Crippen LogP contribution in [-0.4, -0.2) is 50.3 Å². The van der Waals surface area contributed by atoms with Crippen LogP contribution in [0.15, 0.2) is 41.8 Å². The Labute approximate surface area is 160 Å². The summed E-state index contributed by atoms with van der Waals surface area (Å²) in [6.07, 6.45) is 1.37. The molecule has 0 saturated carbocycles. The maximum atomic E-state index is 12.7. The van der Waals surface area contributed by atoms with E-state index in [4.69, 9.17) is 4.74 Å². The minimum Gasteiger partial charge on any atom is -0.452 e. The van der Waals surface area contributed by atoms with Crippen molar-refractivity contribution in [1.29, 1.82) is 0 Å². The quantitative estimate of drug-likeness (QED) is 0.560. The summed E-state index contributed by atoms with van der Waals surface area (Å²) < 4.78 is 32.0. The standard InChI is InChI=1S/C19H26N2O5S/c1-4-11-20-18(22)15(3)26-19(23)16-9-12-21(13-10-16)27(24,25)17-7-5-14(2)6-8-17/h4-8,15-16H,1,9-13H2,2-3H3,(H,20,22). The molecule has 0 spiro atoms. The van der Waals surface area contributed by atoms with Crippen molar-refractivity contribution in [2.24, 2.45) is 5.92 Å². The number of ether oxygens (including phenoxy) is 1. The molecule has 1 heterocycles. The second-order valence-corrected chi connectivity index (χ2v) is 8.54. The van der Waals surface area contributed by atoms with Crippen LogP contribution in [0.2, 0.25) is 0 Å². The average Bonchev–Trinajstić information content (AvgIpc) is 2.66. The van der Waals surface area contributed by atoms with Gasteiger partial charge in [-0.1, -0.05) is 23.8 Å². The molecule has 1 aromatic rings. The number of nitrogens with one attached hydrogen (secondary N) is 1. The lowest BCUT2D eigenvalue weighted by atomic mass is 9.98. The summed E-state index contributed by atoms with van der Waals surface area (Å²) in [4.78, 5) is 24.3. The van der Waals surface area contributed by atoms with Gasteiger partial charge < -0.3 is 10.1 Å². The van der Waals surface area contributed by atoms with E-state index in [2.05, 4.69) is 11.9 Å². The molecule has 0 bridgehead atoms. The number of piperidine rings is 1. The number of amides is 1. The highest BCUT2D eigenvalue weighted by molar-refractivity contribution is 7.89. The molecule has 1 aromatic carbocycles. The van der Waals surface area contributed by atoms with Crippen molar-refractivity contribution in [3.63, 3.8) is 0 Å². The van der Waals surface area contributed by atoms with Crippen LogP contribution in [0.25, 0.3) is 0 Å². The minimum atomic E-state index is -3.57. The fourth-order valence-electron chi connectivity index (χ4n) is 2.83. The number of hydrogen-bond donors (Lipinski definition) is 1. The molecular weight excluding hydrogens is 368 g/mol. The molecule has 27 heavy (non-hydrogen) atoms. The number of esters is 1. The molecule has 1 unspecified atom stereocenters. The van der Waals surface area contributed by atoms with E-state index in [0.29, 0.717) is 19.4 Å². The highest BCUT2D eigenvalue weighted by Crippen LogP contribution is 2.25. The molecule has 1 atom stereocenters. The van der Waals surface area contributed by atoms with Gasteiger partial charge in [0.15, 0.2) is 6.10 Å². The summed E-state index contributed by atoms with van der Waals surface area (Å²) in [6, 6.07) is 6.70. The Hall–Kier alpha value is -2.19. The van der Waals surface area contributed by atoms with Crippen molar-refractivity contribution in [3.05, 3.63) is 42.5 Å². The van der Waals surface area contributed by atoms with Gasteiger partial charge in [0.1, 0.15) is 0 Å².